The van der Waals surface area contributed by atoms with Crippen LogP contribution in [0.5, 0.6) is 0 Å². The quantitative estimate of drug-likeness (QED) is 0.571. The van der Waals surface area contributed by atoms with Gasteiger partial charge in [-0.15, -0.1) is 0 Å². The zero-order valence-electron chi connectivity index (χ0n) is 17.7. The Morgan fingerprint density at radius 3 is 2.77 bits per heavy atom. The van der Waals surface area contributed by atoms with Gasteiger partial charge in [0.15, 0.2) is 5.82 Å². The number of anilines is 1. The van der Waals surface area contributed by atoms with Crippen molar-refractivity contribution in [2.75, 3.05) is 24.6 Å². The van der Waals surface area contributed by atoms with Crippen molar-refractivity contribution >= 4 is 28.3 Å². The maximum absolute atomic E-state index is 10.1. The Morgan fingerprint density at radius 2 is 2.10 bits per heavy atom. The largest absolute Gasteiger partial charge is 0.390 e. The lowest BCUT2D eigenvalue weighted by atomic mass is 9.73. The van der Waals surface area contributed by atoms with Crippen molar-refractivity contribution in [3.05, 3.63) is 34.7 Å². The van der Waals surface area contributed by atoms with Gasteiger partial charge in [-0.1, -0.05) is 11.6 Å². The summed E-state index contributed by atoms with van der Waals surface area (Å²) in [6.07, 6.45) is 3.77. The number of piperidine rings is 1. The number of benzene rings is 1. The van der Waals surface area contributed by atoms with Crippen molar-refractivity contribution in [3.63, 3.8) is 0 Å². The molecule has 164 valence electrons. The molecule has 0 saturated carbocycles. The minimum atomic E-state index is -0.195. The van der Waals surface area contributed by atoms with Crippen molar-refractivity contribution in [3.8, 4) is 11.3 Å². The van der Waals surface area contributed by atoms with Crippen LogP contribution in [0, 0.1) is 12.3 Å². The van der Waals surface area contributed by atoms with Crippen LogP contribution in [0.1, 0.15) is 31.2 Å². The molecule has 2 aliphatic heterocycles. The van der Waals surface area contributed by atoms with Crippen LogP contribution in [0.3, 0.4) is 0 Å². The topological polar surface area (TPSA) is 113 Å². The van der Waals surface area contributed by atoms with Crippen molar-refractivity contribution in [2.45, 2.75) is 45.4 Å². The molecule has 1 spiro atoms. The van der Waals surface area contributed by atoms with Crippen LogP contribution in [0.4, 0.5) is 5.82 Å². The molecule has 2 fully saturated rings. The summed E-state index contributed by atoms with van der Waals surface area (Å²) in [4.78, 5) is 11.8. The zero-order valence-corrected chi connectivity index (χ0v) is 18.5. The third-order valence-electron chi connectivity index (χ3n) is 6.95. The number of rotatable bonds is 3. The predicted molar refractivity (Wildman–Crippen MR) is 120 cm³/mol. The fraction of sp³-hybridized carbons (Fsp3) is 0.500. The number of fused-ring (bicyclic) bond motifs is 1. The van der Waals surface area contributed by atoms with E-state index in [-0.39, 0.29) is 24.2 Å². The van der Waals surface area contributed by atoms with Crippen molar-refractivity contribution < 1.29 is 9.84 Å². The maximum atomic E-state index is 10.1. The highest BCUT2D eigenvalue weighted by molar-refractivity contribution is 6.34. The third-order valence-corrected chi connectivity index (χ3v) is 7.27. The Hall–Kier alpha value is -2.26. The lowest BCUT2D eigenvalue weighted by Crippen LogP contribution is -2.51. The van der Waals surface area contributed by atoms with E-state index in [2.05, 4.69) is 22.0 Å². The lowest BCUT2D eigenvalue weighted by molar-refractivity contribution is 0.0973. The van der Waals surface area contributed by atoms with Crippen LogP contribution < -0.4 is 10.6 Å². The first-order chi connectivity index (χ1) is 14.9. The van der Waals surface area contributed by atoms with E-state index in [4.69, 9.17) is 32.0 Å². The summed E-state index contributed by atoms with van der Waals surface area (Å²) < 4.78 is 5.83. The SMILES string of the molecule is Cc1nc(N2CCC3(CC2)COC(C)C3N)c(CO)nc1-c1cc2n[nH]cc2cc1Cl. The molecule has 3 aromatic rings. The molecule has 31 heavy (non-hydrogen) atoms. The summed E-state index contributed by atoms with van der Waals surface area (Å²) in [6.45, 7) is 6.11. The van der Waals surface area contributed by atoms with Gasteiger partial charge in [0.25, 0.3) is 0 Å². The molecule has 9 heteroatoms. The van der Waals surface area contributed by atoms with Crippen LogP contribution in [0.2, 0.25) is 5.02 Å². The molecule has 2 aliphatic rings. The summed E-state index contributed by atoms with van der Waals surface area (Å²) in [7, 11) is 0. The van der Waals surface area contributed by atoms with Gasteiger partial charge < -0.3 is 20.5 Å². The van der Waals surface area contributed by atoms with Crippen molar-refractivity contribution in [1.29, 1.82) is 0 Å². The van der Waals surface area contributed by atoms with E-state index in [9.17, 15) is 5.11 Å². The van der Waals surface area contributed by atoms with E-state index >= 15 is 0 Å². The van der Waals surface area contributed by atoms with Crippen molar-refractivity contribution in [1.82, 2.24) is 20.2 Å². The first kappa shape index (κ1) is 20.6. The smallest absolute Gasteiger partial charge is 0.153 e. The molecular weight excluding hydrogens is 416 g/mol. The molecule has 5 rings (SSSR count). The first-order valence-electron chi connectivity index (χ1n) is 10.7. The number of hydrogen-bond donors (Lipinski definition) is 3. The van der Waals surface area contributed by atoms with E-state index in [1.165, 1.54) is 0 Å². The minimum absolute atomic E-state index is 0.0319. The number of aryl methyl sites for hydroxylation is 1. The molecule has 8 nitrogen and oxygen atoms in total. The second kappa shape index (κ2) is 7.70. The van der Waals surface area contributed by atoms with E-state index in [0.29, 0.717) is 23.0 Å². The number of halogens is 1. The Bertz CT molecular complexity index is 1120. The normalized spacial score (nSPS) is 23.2. The molecule has 2 atom stereocenters. The number of nitrogens with two attached hydrogens (primary N) is 1. The first-order valence-corrected chi connectivity index (χ1v) is 11.0. The maximum Gasteiger partial charge on any atom is 0.153 e. The fourth-order valence-electron chi connectivity index (χ4n) is 4.94. The molecule has 4 N–H and O–H groups in total. The molecule has 2 aromatic heterocycles. The lowest BCUT2D eigenvalue weighted by Gasteiger charge is -2.42. The number of aromatic nitrogens is 4. The summed E-state index contributed by atoms with van der Waals surface area (Å²) in [5, 5.41) is 18.7. The molecule has 0 radical (unpaired) electrons. The minimum Gasteiger partial charge on any atom is -0.390 e. The summed E-state index contributed by atoms with van der Waals surface area (Å²) in [5.74, 6) is 0.733. The van der Waals surface area contributed by atoms with Crippen LogP contribution in [-0.4, -0.2) is 57.1 Å². The highest BCUT2D eigenvalue weighted by Crippen LogP contribution is 2.42. The molecule has 0 aliphatic carbocycles. The number of aliphatic hydroxyl groups is 1. The average molecular weight is 443 g/mol. The number of nitrogens with zero attached hydrogens (tertiary/aromatic N) is 4. The molecule has 4 heterocycles. The highest BCUT2D eigenvalue weighted by Gasteiger charge is 2.47. The fourth-order valence-corrected chi connectivity index (χ4v) is 5.20. The van der Waals surface area contributed by atoms with Gasteiger partial charge >= 0.3 is 0 Å². The van der Waals surface area contributed by atoms with Gasteiger partial charge in [-0.25, -0.2) is 9.97 Å². The molecule has 0 bridgehead atoms. The monoisotopic (exact) mass is 442 g/mol. The van der Waals surface area contributed by atoms with Gasteiger partial charge in [0.1, 0.15) is 5.69 Å². The molecular formula is C22H27ClN6O2. The van der Waals surface area contributed by atoms with Crippen LogP contribution in [0.15, 0.2) is 18.3 Å². The molecule has 1 aromatic carbocycles. The van der Waals surface area contributed by atoms with E-state index in [1.807, 2.05) is 19.1 Å². The van der Waals surface area contributed by atoms with Crippen molar-refractivity contribution in [2.24, 2.45) is 11.1 Å². The standard InChI is InChI=1S/C22H27ClN6O2/c1-12-19(15-8-17-14(7-16(15)23)9-25-28-17)27-18(10-30)21(26-12)29-5-3-22(4-6-29)11-31-13(2)20(22)24/h7-9,13,20,30H,3-6,10-11,24H2,1-2H3,(H,25,28). The summed E-state index contributed by atoms with van der Waals surface area (Å²) in [5.41, 5.74) is 10.0. The summed E-state index contributed by atoms with van der Waals surface area (Å²) >= 11 is 6.54. The number of aromatic amines is 1. The van der Waals surface area contributed by atoms with Crippen LogP contribution in [0.25, 0.3) is 22.2 Å². The predicted octanol–water partition coefficient (Wildman–Crippen LogP) is 2.81. The molecule has 0 amide bonds. The van der Waals surface area contributed by atoms with Gasteiger partial charge in [0, 0.05) is 41.7 Å². The molecule has 2 unspecified atom stereocenters. The van der Waals surface area contributed by atoms with Gasteiger partial charge in [-0.2, -0.15) is 5.10 Å². The van der Waals surface area contributed by atoms with Gasteiger partial charge in [-0.05, 0) is 38.8 Å². The summed E-state index contributed by atoms with van der Waals surface area (Å²) in [6, 6.07) is 3.82. The Balaban J connectivity index is 1.46. The molecule has 2 saturated heterocycles. The van der Waals surface area contributed by atoms with E-state index in [1.54, 1.807) is 6.20 Å². The zero-order chi connectivity index (χ0) is 21.8. The van der Waals surface area contributed by atoms with Gasteiger partial charge in [-0.3, -0.25) is 5.10 Å². The van der Waals surface area contributed by atoms with Crippen LogP contribution in [-0.2, 0) is 11.3 Å². The average Bonchev–Trinajstić information content (AvgIpc) is 3.33. The Kier molecular flexibility index (Phi) is 5.13. The van der Waals surface area contributed by atoms with Gasteiger partial charge in [0.2, 0.25) is 0 Å². The van der Waals surface area contributed by atoms with Crippen LogP contribution >= 0.6 is 11.6 Å². The number of H-pyrrole nitrogens is 1. The number of aliphatic hydroxyl groups excluding tert-OH is 1. The highest BCUT2D eigenvalue weighted by atomic mass is 35.5. The number of nitrogens with one attached hydrogen (secondary N) is 1. The second-order valence-electron chi connectivity index (χ2n) is 8.75. The van der Waals surface area contributed by atoms with Gasteiger partial charge in [0.05, 0.1) is 41.2 Å². The number of ether oxygens (including phenoxy) is 1. The van der Waals surface area contributed by atoms with E-state index < -0.39 is 0 Å². The second-order valence-corrected chi connectivity index (χ2v) is 9.16. The third kappa shape index (κ3) is 3.38. The van der Waals surface area contributed by atoms with E-state index in [0.717, 1.165) is 53.9 Å². The Morgan fingerprint density at radius 1 is 1.32 bits per heavy atom. The number of hydrogen-bond acceptors (Lipinski definition) is 7. The Labute approximate surface area is 185 Å².